The smallest absolute Gasteiger partial charge is 0.242 e. The molecule has 0 radical (unpaired) electrons. The molecule has 0 aliphatic carbocycles. The normalized spacial score (nSPS) is 15.6. The molecule has 0 spiro atoms. The van der Waals surface area contributed by atoms with Crippen LogP contribution in [0.3, 0.4) is 0 Å². The van der Waals surface area contributed by atoms with Crippen LogP contribution in [0.2, 0.25) is 0 Å². The van der Waals surface area contributed by atoms with E-state index in [2.05, 4.69) is 11.4 Å². The summed E-state index contributed by atoms with van der Waals surface area (Å²) in [7, 11) is 3.29. The predicted octanol–water partition coefficient (Wildman–Crippen LogP) is 3.51. The Morgan fingerprint density at radius 2 is 1.97 bits per heavy atom. The summed E-state index contributed by atoms with van der Waals surface area (Å²) in [5, 5.41) is 2.09. The number of amides is 2. The van der Waals surface area contributed by atoms with Gasteiger partial charge in [-0.05, 0) is 47.5 Å². The van der Waals surface area contributed by atoms with Gasteiger partial charge in [0, 0.05) is 38.1 Å². The van der Waals surface area contributed by atoms with Crippen LogP contribution in [0, 0.1) is 0 Å². The van der Waals surface area contributed by atoms with Crippen molar-refractivity contribution in [1.29, 1.82) is 0 Å². The van der Waals surface area contributed by atoms with Crippen molar-refractivity contribution in [2.75, 3.05) is 40.5 Å². The summed E-state index contributed by atoms with van der Waals surface area (Å²) in [5.74, 6) is 0.761. The number of benzene rings is 1. The second-order valence-corrected chi connectivity index (χ2v) is 8.33. The third-order valence-electron chi connectivity index (χ3n) is 5.48. The van der Waals surface area contributed by atoms with Crippen molar-refractivity contribution in [3.8, 4) is 5.75 Å². The molecule has 1 aliphatic rings. The van der Waals surface area contributed by atoms with Gasteiger partial charge in [0.15, 0.2) is 0 Å². The lowest BCUT2D eigenvalue weighted by molar-refractivity contribution is -0.141. The van der Waals surface area contributed by atoms with E-state index in [-0.39, 0.29) is 24.4 Å². The van der Waals surface area contributed by atoms with E-state index in [0.29, 0.717) is 32.5 Å². The zero-order valence-corrected chi connectivity index (χ0v) is 18.7. The molecule has 0 fully saturated rings. The van der Waals surface area contributed by atoms with Gasteiger partial charge in [0.1, 0.15) is 5.75 Å². The predicted molar refractivity (Wildman–Crippen MR) is 118 cm³/mol. The molecule has 1 aliphatic heterocycles. The highest BCUT2D eigenvalue weighted by molar-refractivity contribution is 7.10. The molecule has 162 valence electrons. The molecule has 0 saturated carbocycles. The first-order valence-corrected chi connectivity index (χ1v) is 11.2. The number of hydrogen-bond acceptors (Lipinski definition) is 5. The van der Waals surface area contributed by atoms with Gasteiger partial charge in [0.2, 0.25) is 11.8 Å². The Morgan fingerprint density at radius 3 is 2.63 bits per heavy atom. The number of methoxy groups -OCH3 is 2. The molecule has 0 N–H and O–H groups in total. The number of thiophene rings is 1. The first kappa shape index (κ1) is 22.3. The minimum Gasteiger partial charge on any atom is -0.497 e. The van der Waals surface area contributed by atoms with Crippen molar-refractivity contribution in [3.63, 3.8) is 0 Å². The van der Waals surface area contributed by atoms with Gasteiger partial charge in [-0.2, -0.15) is 0 Å². The lowest BCUT2D eigenvalue weighted by atomic mass is 9.93. The highest BCUT2D eigenvalue weighted by Gasteiger charge is 2.33. The Balaban J connectivity index is 1.84. The first-order valence-electron chi connectivity index (χ1n) is 10.3. The molecular formula is C23H30N2O4S. The fourth-order valence-electron chi connectivity index (χ4n) is 3.90. The average Bonchev–Trinajstić information content (AvgIpc) is 3.26. The molecule has 0 saturated heterocycles. The van der Waals surface area contributed by atoms with Crippen LogP contribution in [-0.2, 0) is 20.7 Å². The fraction of sp³-hybridized carbons (Fsp3) is 0.478. The molecule has 2 amide bonds. The maximum absolute atomic E-state index is 13.4. The summed E-state index contributed by atoms with van der Waals surface area (Å²) in [6, 6.07) is 9.86. The Hall–Kier alpha value is -2.38. The molecule has 7 heteroatoms. The van der Waals surface area contributed by atoms with Crippen molar-refractivity contribution >= 4 is 23.2 Å². The Bertz CT molecular complexity index is 849. The largest absolute Gasteiger partial charge is 0.497 e. The molecule has 1 unspecified atom stereocenters. The number of rotatable bonds is 9. The van der Waals surface area contributed by atoms with Crippen molar-refractivity contribution in [2.24, 2.45) is 0 Å². The van der Waals surface area contributed by atoms with Crippen molar-refractivity contribution < 1.29 is 19.1 Å². The van der Waals surface area contributed by atoms with Gasteiger partial charge in [-0.1, -0.05) is 19.1 Å². The van der Waals surface area contributed by atoms with Crippen molar-refractivity contribution in [3.05, 3.63) is 51.7 Å². The van der Waals surface area contributed by atoms with Crippen LogP contribution in [-0.4, -0.2) is 62.1 Å². The minimum absolute atomic E-state index is 0.00585. The number of ether oxygens (including phenoxy) is 2. The van der Waals surface area contributed by atoms with E-state index in [1.165, 1.54) is 10.4 Å². The van der Waals surface area contributed by atoms with Gasteiger partial charge >= 0.3 is 0 Å². The Morgan fingerprint density at radius 1 is 1.20 bits per heavy atom. The highest BCUT2D eigenvalue weighted by Crippen LogP contribution is 2.38. The zero-order valence-electron chi connectivity index (χ0n) is 17.9. The average molecular weight is 431 g/mol. The topological polar surface area (TPSA) is 59.1 Å². The SMILES string of the molecule is CCC(=O)N(CCCOC)CC(=O)N1CCc2sccc2C1c1ccc(OC)cc1. The summed E-state index contributed by atoms with van der Waals surface area (Å²) < 4.78 is 10.4. The van der Waals surface area contributed by atoms with E-state index < -0.39 is 0 Å². The number of carbonyl (C=O) groups is 2. The van der Waals surface area contributed by atoms with Crippen LogP contribution >= 0.6 is 11.3 Å². The number of carbonyl (C=O) groups excluding carboxylic acids is 2. The van der Waals surface area contributed by atoms with Gasteiger partial charge in [-0.3, -0.25) is 9.59 Å². The van der Waals surface area contributed by atoms with Gasteiger partial charge in [-0.15, -0.1) is 11.3 Å². The van der Waals surface area contributed by atoms with Crippen LogP contribution in [0.5, 0.6) is 5.75 Å². The first-order chi connectivity index (χ1) is 14.6. The Kier molecular flexibility index (Phi) is 7.87. The quantitative estimate of drug-likeness (QED) is 0.572. The third-order valence-corrected chi connectivity index (χ3v) is 6.47. The van der Waals surface area contributed by atoms with Gasteiger partial charge in [-0.25, -0.2) is 0 Å². The van der Waals surface area contributed by atoms with E-state index in [1.54, 1.807) is 30.5 Å². The van der Waals surface area contributed by atoms with Crippen LogP contribution in [0.4, 0.5) is 0 Å². The summed E-state index contributed by atoms with van der Waals surface area (Å²) in [6.07, 6.45) is 1.94. The van der Waals surface area contributed by atoms with Crippen LogP contribution < -0.4 is 4.74 Å². The molecule has 2 aromatic rings. The van der Waals surface area contributed by atoms with E-state index >= 15 is 0 Å². The molecule has 0 bridgehead atoms. The molecule has 6 nitrogen and oxygen atoms in total. The fourth-order valence-corrected chi connectivity index (χ4v) is 4.80. The minimum atomic E-state index is -0.143. The number of nitrogens with zero attached hydrogens (tertiary/aromatic N) is 2. The van der Waals surface area contributed by atoms with E-state index in [1.807, 2.05) is 36.1 Å². The molecule has 2 heterocycles. The number of fused-ring (bicyclic) bond motifs is 1. The lowest BCUT2D eigenvalue weighted by Gasteiger charge is -2.37. The summed E-state index contributed by atoms with van der Waals surface area (Å²) in [6.45, 7) is 3.67. The Labute approximate surface area is 182 Å². The molecule has 30 heavy (non-hydrogen) atoms. The summed E-state index contributed by atoms with van der Waals surface area (Å²) in [5.41, 5.74) is 2.23. The zero-order chi connectivity index (χ0) is 21.5. The van der Waals surface area contributed by atoms with E-state index in [4.69, 9.17) is 9.47 Å². The van der Waals surface area contributed by atoms with Gasteiger partial charge < -0.3 is 19.3 Å². The van der Waals surface area contributed by atoms with Gasteiger partial charge in [0.25, 0.3) is 0 Å². The van der Waals surface area contributed by atoms with Gasteiger partial charge in [0.05, 0.1) is 19.7 Å². The van der Waals surface area contributed by atoms with E-state index in [9.17, 15) is 9.59 Å². The molecule has 3 rings (SSSR count). The number of hydrogen-bond donors (Lipinski definition) is 0. The summed E-state index contributed by atoms with van der Waals surface area (Å²) >= 11 is 1.74. The monoisotopic (exact) mass is 430 g/mol. The molecule has 1 atom stereocenters. The summed E-state index contributed by atoms with van der Waals surface area (Å²) in [4.78, 5) is 30.7. The maximum atomic E-state index is 13.4. The second kappa shape index (κ2) is 10.6. The molecule has 1 aromatic carbocycles. The second-order valence-electron chi connectivity index (χ2n) is 7.33. The maximum Gasteiger partial charge on any atom is 0.242 e. The standard InChI is InChI=1S/C23H30N2O4S/c1-4-21(26)24(12-5-14-28-2)16-22(27)25-13-10-20-19(11-15-30-20)23(25)17-6-8-18(29-3)9-7-17/h6-9,11,15,23H,4-5,10,12-14,16H2,1-3H3. The van der Waals surface area contributed by atoms with Crippen molar-refractivity contribution in [1.82, 2.24) is 9.80 Å². The van der Waals surface area contributed by atoms with Crippen LogP contribution in [0.1, 0.15) is 41.8 Å². The van der Waals surface area contributed by atoms with Crippen LogP contribution in [0.25, 0.3) is 0 Å². The van der Waals surface area contributed by atoms with Crippen molar-refractivity contribution in [2.45, 2.75) is 32.2 Å². The highest BCUT2D eigenvalue weighted by atomic mass is 32.1. The third kappa shape index (κ3) is 5.02. The lowest BCUT2D eigenvalue weighted by Crippen LogP contribution is -2.47. The molecule has 1 aromatic heterocycles. The van der Waals surface area contributed by atoms with Crippen LogP contribution in [0.15, 0.2) is 35.7 Å². The molecular weight excluding hydrogens is 400 g/mol. The van der Waals surface area contributed by atoms with E-state index in [0.717, 1.165) is 17.7 Å².